The van der Waals surface area contributed by atoms with Crippen molar-refractivity contribution >= 4 is 10.9 Å². The molecule has 0 bridgehead atoms. The number of unbranched alkanes of at least 4 members (excludes halogenated alkanes) is 2. The van der Waals surface area contributed by atoms with Gasteiger partial charge in [-0.2, -0.15) is 0 Å². The molecule has 3 heteroatoms. The summed E-state index contributed by atoms with van der Waals surface area (Å²) in [5, 5.41) is 20.0. The van der Waals surface area contributed by atoms with Crippen LogP contribution in [-0.4, -0.2) is 21.8 Å². The summed E-state index contributed by atoms with van der Waals surface area (Å²) in [5.41, 5.74) is 3.78. The maximum absolute atomic E-state index is 10.4. The van der Waals surface area contributed by atoms with Crippen molar-refractivity contribution in [3.8, 4) is 17.0 Å². The predicted octanol–water partition coefficient (Wildman–Crippen LogP) is 4.31. The van der Waals surface area contributed by atoms with E-state index in [1.54, 1.807) is 6.07 Å². The number of hydrogen-bond acceptors (Lipinski definition) is 3. The van der Waals surface area contributed by atoms with Crippen LogP contribution in [0.5, 0.6) is 5.75 Å². The number of nitrogens with zero attached hydrogens (tertiary/aromatic N) is 1. The molecule has 3 rings (SSSR count). The smallest absolute Gasteiger partial charge is 0.127 e. The van der Waals surface area contributed by atoms with E-state index < -0.39 is 0 Å². The Morgan fingerprint density at radius 2 is 1.70 bits per heavy atom. The van der Waals surface area contributed by atoms with Gasteiger partial charge in [0.15, 0.2) is 0 Å². The average molecular weight is 307 g/mol. The van der Waals surface area contributed by atoms with E-state index in [0.717, 1.165) is 47.8 Å². The first-order valence-electron chi connectivity index (χ1n) is 8.07. The molecule has 0 radical (unpaired) electrons. The largest absolute Gasteiger partial charge is 0.507 e. The van der Waals surface area contributed by atoms with Gasteiger partial charge in [-0.15, -0.1) is 0 Å². The summed E-state index contributed by atoms with van der Waals surface area (Å²) >= 11 is 0. The van der Waals surface area contributed by atoms with Gasteiger partial charge in [0.05, 0.1) is 11.2 Å². The lowest BCUT2D eigenvalue weighted by atomic mass is 10.0. The van der Waals surface area contributed by atoms with Crippen molar-refractivity contribution in [2.24, 2.45) is 0 Å². The van der Waals surface area contributed by atoms with Crippen LogP contribution >= 0.6 is 0 Å². The summed E-state index contributed by atoms with van der Waals surface area (Å²) in [7, 11) is 0. The molecule has 0 aliphatic heterocycles. The van der Waals surface area contributed by atoms with Crippen LogP contribution in [0.25, 0.3) is 22.2 Å². The standard InChI is InChI=1S/C20H21NO2/c22-12-6-2-3-7-15-10-11-18-17(13-15)20(23)14-19(21-18)16-8-4-1-5-9-16/h1,4-5,8-11,13-14,22H,2-3,6-7,12H2,(H,21,23). The van der Waals surface area contributed by atoms with Gasteiger partial charge < -0.3 is 10.2 Å². The fourth-order valence-electron chi connectivity index (χ4n) is 2.79. The molecule has 0 saturated carbocycles. The number of pyridine rings is 1. The summed E-state index contributed by atoms with van der Waals surface area (Å²) in [6.07, 6.45) is 3.87. The van der Waals surface area contributed by atoms with Gasteiger partial charge in [0, 0.05) is 23.6 Å². The molecule has 0 unspecified atom stereocenters. The predicted molar refractivity (Wildman–Crippen MR) is 93.5 cm³/mol. The summed E-state index contributed by atoms with van der Waals surface area (Å²) < 4.78 is 0. The molecule has 2 aromatic carbocycles. The highest BCUT2D eigenvalue weighted by Gasteiger charge is 2.07. The van der Waals surface area contributed by atoms with E-state index in [4.69, 9.17) is 5.11 Å². The maximum atomic E-state index is 10.4. The van der Waals surface area contributed by atoms with E-state index in [0.29, 0.717) is 0 Å². The molecule has 2 N–H and O–H groups in total. The number of aliphatic hydroxyl groups excluding tert-OH is 1. The summed E-state index contributed by atoms with van der Waals surface area (Å²) in [6.45, 7) is 0.255. The summed E-state index contributed by atoms with van der Waals surface area (Å²) in [4.78, 5) is 4.66. The van der Waals surface area contributed by atoms with Crippen molar-refractivity contribution in [3.63, 3.8) is 0 Å². The second-order valence-electron chi connectivity index (χ2n) is 5.78. The zero-order chi connectivity index (χ0) is 16.1. The first-order valence-corrected chi connectivity index (χ1v) is 8.07. The molecular formula is C20H21NO2. The quantitative estimate of drug-likeness (QED) is 0.667. The topological polar surface area (TPSA) is 53.4 Å². The monoisotopic (exact) mass is 307 g/mol. The third-order valence-corrected chi connectivity index (χ3v) is 4.04. The molecule has 0 aliphatic rings. The van der Waals surface area contributed by atoms with E-state index in [9.17, 15) is 5.11 Å². The Labute approximate surface area is 136 Å². The SMILES string of the molecule is OCCCCCc1ccc2nc(-c3ccccc3)cc(O)c2c1. The van der Waals surface area contributed by atoms with E-state index in [2.05, 4.69) is 11.1 Å². The number of aromatic hydroxyl groups is 1. The number of fused-ring (bicyclic) bond motifs is 1. The van der Waals surface area contributed by atoms with E-state index >= 15 is 0 Å². The van der Waals surface area contributed by atoms with Crippen LogP contribution in [-0.2, 0) is 6.42 Å². The number of rotatable bonds is 6. The summed E-state index contributed by atoms with van der Waals surface area (Å²) in [5.74, 6) is 0.270. The van der Waals surface area contributed by atoms with Crippen LogP contribution in [0.3, 0.4) is 0 Å². The lowest BCUT2D eigenvalue weighted by Gasteiger charge is -2.08. The minimum Gasteiger partial charge on any atom is -0.507 e. The molecule has 0 aliphatic carbocycles. The molecule has 0 saturated heterocycles. The van der Waals surface area contributed by atoms with Crippen LogP contribution in [0.2, 0.25) is 0 Å². The van der Waals surface area contributed by atoms with E-state index in [-0.39, 0.29) is 12.4 Å². The fourth-order valence-corrected chi connectivity index (χ4v) is 2.79. The van der Waals surface area contributed by atoms with Gasteiger partial charge >= 0.3 is 0 Å². The van der Waals surface area contributed by atoms with Crippen LogP contribution in [0.15, 0.2) is 54.6 Å². The molecule has 0 fully saturated rings. The van der Waals surface area contributed by atoms with Crippen LogP contribution < -0.4 is 0 Å². The van der Waals surface area contributed by atoms with Gasteiger partial charge in [0.25, 0.3) is 0 Å². The second kappa shape index (κ2) is 7.25. The van der Waals surface area contributed by atoms with Gasteiger partial charge in [-0.1, -0.05) is 42.8 Å². The minimum atomic E-state index is 0.255. The van der Waals surface area contributed by atoms with Crippen molar-refractivity contribution in [2.75, 3.05) is 6.61 Å². The molecule has 0 atom stereocenters. The molecule has 23 heavy (non-hydrogen) atoms. The normalized spacial score (nSPS) is 11.0. The van der Waals surface area contributed by atoms with Crippen LogP contribution in [0.4, 0.5) is 0 Å². The van der Waals surface area contributed by atoms with Gasteiger partial charge in [-0.05, 0) is 37.0 Å². The van der Waals surface area contributed by atoms with Crippen LogP contribution in [0, 0.1) is 0 Å². The highest BCUT2D eigenvalue weighted by Crippen LogP contribution is 2.30. The Morgan fingerprint density at radius 3 is 2.48 bits per heavy atom. The fraction of sp³-hybridized carbons (Fsp3) is 0.250. The Balaban J connectivity index is 1.88. The molecule has 0 spiro atoms. The zero-order valence-corrected chi connectivity index (χ0v) is 13.1. The van der Waals surface area contributed by atoms with Crippen molar-refractivity contribution in [1.29, 1.82) is 0 Å². The van der Waals surface area contributed by atoms with E-state index in [1.807, 2.05) is 42.5 Å². The number of aliphatic hydroxyl groups is 1. The summed E-state index contributed by atoms with van der Waals surface area (Å²) in [6, 6.07) is 17.7. The first kappa shape index (κ1) is 15.5. The highest BCUT2D eigenvalue weighted by atomic mass is 16.3. The van der Waals surface area contributed by atoms with Gasteiger partial charge in [0.1, 0.15) is 5.75 Å². The minimum absolute atomic E-state index is 0.255. The Morgan fingerprint density at radius 1 is 0.870 bits per heavy atom. The van der Waals surface area contributed by atoms with Crippen molar-refractivity contribution in [1.82, 2.24) is 4.98 Å². The van der Waals surface area contributed by atoms with Gasteiger partial charge in [-0.3, -0.25) is 0 Å². The molecule has 0 amide bonds. The maximum Gasteiger partial charge on any atom is 0.127 e. The van der Waals surface area contributed by atoms with Crippen molar-refractivity contribution in [2.45, 2.75) is 25.7 Å². The van der Waals surface area contributed by atoms with E-state index in [1.165, 1.54) is 5.56 Å². The Kier molecular flexibility index (Phi) is 4.89. The first-order chi connectivity index (χ1) is 11.3. The zero-order valence-electron chi connectivity index (χ0n) is 13.1. The number of hydrogen-bond donors (Lipinski definition) is 2. The van der Waals surface area contributed by atoms with Crippen molar-refractivity contribution in [3.05, 3.63) is 60.2 Å². The molecule has 118 valence electrons. The lowest BCUT2D eigenvalue weighted by molar-refractivity contribution is 0.283. The third-order valence-electron chi connectivity index (χ3n) is 4.04. The lowest BCUT2D eigenvalue weighted by Crippen LogP contribution is -1.91. The number of aromatic nitrogens is 1. The third kappa shape index (κ3) is 3.69. The molecule has 1 aromatic heterocycles. The van der Waals surface area contributed by atoms with Crippen molar-refractivity contribution < 1.29 is 10.2 Å². The average Bonchev–Trinajstić information content (AvgIpc) is 2.60. The molecular weight excluding hydrogens is 286 g/mol. The Hall–Kier alpha value is -2.39. The molecule has 3 aromatic rings. The molecule has 3 nitrogen and oxygen atoms in total. The van der Waals surface area contributed by atoms with Gasteiger partial charge in [-0.25, -0.2) is 4.98 Å². The van der Waals surface area contributed by atoms with Gasteiger partial charge in [0.2, 0.25) is 0 Å². The van der Waals surface area contributed by atoms with Crippen LogP contribution in [0.1, 0.15) is 24.8 Å². The second-order valence-corrected chi connectivity index (χ2v) is 5.78. The Bertz CT molecular complexity index is 784. The number of aryl methyl sites for hydroxylation is 1. The highest BCUT2D eigenvalue weighted by molar-refractivity contribution is 5.88. The number of benzene rings is 2. The molecule has 1 heterocycles.